The second-order valence-corrected chi connectivity index (χ2v) is 10.4. The Morgan fingerprint density at radius 2 is 1.98 bits per heavy atom. The van der Waals surface area contributed by atoms with Crippen LogP contribution >= 0.6 is 0 Å². The smallest absolute Gasteiger partial charge is 0.336 e. The Labute approximate surface area is 232 Å². The molecule has 3 aromatic rings. The van der Waals surface area contributed by atoms with Crippen LogP contribution in [0.1, 0.15) is 43.2 Å². The number of benzene rings is 2. The number of allylic oxidation sites excluding steroid dienone is 3. The van der Waals surface area contributed by atoms with Crippen LogP contribution in [0.5, 0.6) is 5.75 Å². The van der Waals surface area contributed by atoms with Crippen molar-refractivity contribution in [2.24, 2.45) is 15.9 Å². The number of ether oxygens (including phenoxy) is 2. The molecule has 2 atom stereocenters. The van der Waals surface area contributed by atoms with E-state index in [0.717, 1.165) is 39.9 Å². The van der Waals surface area contributed by atoms with Gasteiger partial charge in [-0.2, -0.15) is 0 Å². The molecule has 3 heterocycles. The van der Waals surface area contributed by atoms with Gasteiger partial charge in [0.25, 0.3) is 0 Å². The Hall–Kier alpha value is -4.46. The van der Waals surface area contributed by atoms with Crippen molar-refractivity contribution in [1.82, 2.24) is 10.3 Å². The van der Waals surface area contributed by atoms with Crippen LogP contribution in [0.15, 0.2) is 87.3 Å². The summed E-state index contributed by atoms with van der Waals surface area (Å²) in [6, 6.07) is 16.0. The summed E-state index contributed by atoms with van der Waals surface area (Å²) >= 11 is 0. The van der Waals surface area contributed by atoms with E-state index < -0.39 is 11.9 Å². The summed E-state index contributed by atoms with van der Waals surface area (Å²) in [7, 11) is 1.65. The predicted molar refractivity (Wildman–Crippen MR) is 155 cm³/mol. The van der Waals surface area contributed by atoms with Gasteiger partial charge in [0, 0.05) is 71.5 Å². The number of hydrogen-bond acceptors (Lipinski definition) is 7. The fourth-order valence-corrected chi connectivity index (χ4v) is 6.18. The molecule has 0 radical (unpaired) electrons. The molecule has 0 fully saturated rings. The Morgan fingerprint density at radius 1 is 1.10 bits per heavy atom. The van der Waals surface area contributed by atoms with Crippen LogP contribution in [0.2, 0.25) is 0 Å². The maximum Gasteiger partial charge on any atom is 0.336 e. The van der Waals surface area contributed by atoms with Gasteiger partial charge >= 0.3 is 5.97 Å². The molecule has 8 nitrogen and oxygen atoms in total. The molecule has 0 saturated heterocycles. The number of Topliss-reactive ketones (excluding diaryl/α,β-unsaturated/α-hetero) is 1. The maximum absolute atomic E-state index is 13.9. The van der Waals surface area contributed by atoms with Gasteiger partial charge in [-0.25, -0.2) is 9.79 Å². The highest BCUT2D eigenvalue weighted by Gasteiger charge is 2.41. The van der Waals surface area contributed by atoms with Crippen LogP contribution in [0.25, 0.3) is 10.9 Å². The van der Waals surface area contributed by atoms with Gasteiger partial charge in [0.2, 0.25) is 0 Å². The van der Waals surface area contributed by atoms with Crippen molar-refractivity contribution in [2.45, 2.75) is 38.5 Å². The highest BCUT2D eigenvalue weighted by Crippen LogP contribution is 2.44. The quantitative estimate of drug-likeness (QED) is 0.412. The second kappa shape index (κ2) is 11.0. The first kappa shape index (κ1) is 25.8. The molecule has 6 rings (SSSR count). The third-order valence-corrected chi connectivity index (χ3v) is 7.98. The molecule has 2 aliphatic heterocycles. The maximum atomic E-state index is 13.9. The van der Waals surface area contributed by atoms with Crippen molar-refractivity contribution in [2.75, 3.05) is 20.3 Å². The standard InChI is InChI=1S/C32H32N4O4/c1-19-30(32(38)40-18-29-34-12-6-13-35-29)24(15-20-7-5-9-25-22(20)11-14-33-25)31-26(36-19)16-21(17-27(31)37)23-8-3-4-10-28(23)39-2/h3-5,7-12,14,21,24,33,36H,6,13,15-18H2,1-2H3/t21-,24-/m1/s1. The number of carbonyl (C=O) groups excluding carboxylic acids is 2. The minimum absolute atomic E-state index is 0.00194. The molecular weight excluding hydrogens is 504 g/mol. The van der Waals surface area contributed by atoms with E-state index in [9.17, 15) is 9.59 Å². The Bertz CT molecular complexity index is 1610. The largest absolute Gasteiger partial charge is 0.496 e. The van der Waals surface area contributed by atoms with E-state index in [0.29, 0.717) is 48.5 Å². The van der Waals surface area contributed by atoms with E-state index in [4.69, 9.17) is 9.47 Å². The van der Waals surface area contributed by atoms with Crippen LogP contribution in [-0.2, 0) is 20.7 Å². The number of aromatic amines is 1. The van der Waals surface area contributed by atoms with E-state index in [-0.39, 0.29) is 18.3 Å². The number of fused-ring (bicyclic) bond motifs is 1. The van der Waals surface area contributed by atoms with Gasteiger partial charge in [0.1, 0.15) is 5.75 Å². The average molecular weight is 537 g/mol. The Balaban J connectivity index is 1.37. The third kappa shape index (κ3) is 4.85. The number of nitrogens with one attached hydrogen (secondary N) is 2. The van der Waals surface area contributed by atoms with Crippen molar-refractivity contribution in [3.8, 4) is 5.75 Å². The van der Waals surface area contributed by atoms with Crippen molar-refractivity contribution in [3.63, 3.8) is 0 Å². The summed E-state index contributed by atoms with van der Waals surface area (Å²) in [5.41, 5.74) is 5.83. The van der Waals surface area contributed by atoms with Crippen molar-refractivity contribution >= 4 is 34.7 Å². The zero-order valence-corrected chi connectivity index (χ0v) is 22.7. The normalized spacial score (nSPS) is 20.8. The van der Waals surface area contributed by atoms with E-state index in [2.05, 4.69) is 26.4 Å². The van der Waals surface area contributed by atoms with Crippen molar-refractivity contribution in [1.29, 1.82) is 0 Å². The lowest BCUT2D eigenvalue weighted by Gasteiger charge is -2.37. The number of hydrogen-bond donors (Lipinski definition) is 2. The summed E-state index contributed by atoms with van der Waals surface area (Å²) in [6.45, 7) is 2.53. The van der Waals surface area contributed by atoms with Crippen LogP contribution in [0.3, 0.4) is 0 Å². The SMILES string of the molecule is COc1ccccc1[C@H]1CC(=O)C2=C(C1)NC(C)=C(C(=O)OCC1=NCCC=N1)[C@H]2Cc1cccc2[nH]ccc12. The number of para-hydroxylation sites is 1. The van der Waals surface area contributed by atoms with Crippen LogP contribution < -0.4 is 10.1 Å². The van der Waals surface area contributed by atoms with E-state index in [1.54, 1.807) is 13.3 Å². The number of aromatic nitrogens is 1. The topological polar surface area (TPSA) is 105 Å². The number of aliphatic imine (C=N–C) groups is 2. The monoisotopic (exact) mass is 536 g/mol. The molecule has 8 heteroatoms. The molecule has 40 heavy (non-hydrogen) atoms. The molecule has 2 aromatic carbocycles. The van der Waals surface area contributed by atoms with E-state index >= 15 is 0 Å². The molecule has 0 amide bonds. The van der Waals surface area contributed by atoms with Crippen molar-refractivity contribution in [3.05, 3.63) is 88.4 Å². The number of methoxy groups -OCH3 is 1. The summed E-state index contributed by atoms with van der Waals surface area (Å²) in [5, 5.41) is 4.51. The number of ketones is 1. The number of carbonyl (C=O) groups is 2. The zero-order chi connectivity index (χ0) is 27.6. The zero-order valence-electron chi connectivity index (χ0n) is 22.7. The highest BCUT2D eigenvalue weighted by atomic mass is 16.5. The first-order valence-corrected chi connectivity index (χ1v) is 13.7. The molecule has 2 N–H and O–H groups in total. The molecule has 0 unspecified atom stereocenters. The molecule has 0 spiro atoms. The van der Waals surface area contributed by atoms with Crippen LogP contribution in [0, 0.1) is 5.92 Å². The number of H-pyrrole nitrogens is 1. The minimum Gasteiger partial charge on any atom is -0.496 e. The second-order valence-electron chi connectivity index (χ2n) is 10.4. The van der Waals surface area contributed by atoms with Gasteiger partial charge < -0.3 is 19.8 Å². The lowest BCUT2D eigenvalue weighted by molar-refractivity contribution is -0.138. The molecule has 0 saturated carbocycles. The summed E-state index contributed by atoms with van der Waals surface area (Å²) in [6.07, 6.45) is 5.98. The number of nitrogens with zero attached hydrogens (tertiary/aromatic N) is 2. The molecule has 204 valence electrons. The number of amidine groups is 1. The van der Waals surface area contributed by atoms with Crippen LogP contribution in [-0.4, -0.2) is 49.0 Å². The third-order valence-electron chi connectivity index (χ3n) is 7.98. The minimum atomic E-state index is -0.453. The van der Waals surface area contributed by atoms with Crippen LogP contribution in [0.4, 0.5) is 0 Å². The Kier molecular flexibility index (Phi) is 7.07. The lowest BCUT2D eigenvalue weighted by Crippen LogP contribution is -2.38. The van der Waals surface area contributed by atoms with Gasteiger partial charge in [-0.15, -0.1) is 0 Å². The van der Waals surface area contributed by atoms with Gasteiger partial charge in [-0.1, -0.05) is 30.3 Å². The number of rotatable bonds is 7. The fourth-order valence-electron chi connectivity index (χ4n) is 6.18. The first-order valence-electron chi connectivity index (χ1n) is 13.7. The fraction of sp³-hybridized carbons (Fsp3) is 0.312. The number of dihydropyridines is 1. The summed E-state index contributed by atoms with van der Waals surface area (Å²) in [4.78, 5) is 39.4. The predicted octanol–water partition coefficient (Wildman–Crippen LogP) is 5.03. The lowest BCUT2D eigenvalue weighted by atomic mass is 9.72. The molecule has 0 bridgehead atoms. The van der Waals surface area contributed by atoms with Gasteiger partial charge in [-0.05, 0) is 49.1 Å². The van der Waals surface area contributed by atoms with E-state index in [1.807, 2.05) is 55.6 Å². The average Bonchev–Trinajstić information content (AvgIpc) is 3.46. The molecular formula is C32H32N4O4. The summed E-state index contributed by atoms with van der Waals surface area (Å²) in [5.74, 6) is 0.407. The molecule has 1 aromatic heterocycles. The molecule has 1 aliphatic carbocycles. The van der Waals surface area contributed by atoms with Gasteiger partial charge in [0.15, 0.2) is 18.2 Å². The highest BCUT2D eigenvalue weighted by molar-refractivity contribution is 6.03. The molecule has 3 aliphatic rings. The number of esters is 1. The van der Waals surface area contributed by atoms with E-state index in [1.165, 1.54) is 0 Å². The first-order chi connectivity index (χ1) is 19.5. The summed E-state index contributed by atoms with van der Waals surface area (Å²) < 4.78 is 11.3. The van der Waals surface area contributed by atoms with Gasteiger partial charge in [0.05, 0.1) is 12.7 Å². The van der Waals surface area contributed by atoms with Gasteiger partial charge in [-0.3, -0.25) is 9.79 Å². The van der Waals surface area contributed by atoms with Crippen molar-refractivity contribution < 1.29 is 19.1 Å². The Morgan fingerprint density at radius 3 is 2.80 bits per heavy atom.